The third-order valence-electron chi connectivity index (χ3n) is 10.6. The van der Waals surface area contributed by atoms with Gasteiger partial charge < -0.3 is 24.4 Å². The molecule has 1 amide bonds. The molecule has 3 aliphatic rings. The molecule has 0 saturated carbocycles. The molecule has 0 unspecified atom stereocenters. The molecule has 0 spiro atoms. The zero-order valence-corrected chi connectivity index (χ0v) is 32.8. The molecule has 55 heavy (non-hydrogen) atoms. The largest absolute Gasteiger partial charge is 0.444 e. The Hall–Kier alpha value is -3.76. The van der Waals surface area contributed by atoms with E-state index >= 15 is 13.2 Å². The predicted molar refractivity (Wildman–Crippen MR) is 201 cm³/mol. The Morgan fingerprint density at radius 2 is 1.75 bits per heavy atom. The summed E-state index contributed by atoms with van der Waals surface area (Å²) in [5.41, 5.74) is -0.818. The molecule has 0 aliphatic carbocycles. The lowest BCUT2D eigenvalue weighted by Gasteiger charge is -2.41. The standard InChI is InChI=1S/C39H52F3N5O7S/c1-25(28-10-9-11-31(33(28)40)39(41,42)21-26-22-46(23-26)37(49)54-38(2,3)4)45-34-30-20-29(27-13-18-55(50,51)19-14-27)36(48)47(35(30)44-24-43-34)15-8-6-5-7-12-32-52-16-17-53-32/h9-11,20,24-27,32H,5-8,12-19,21-23H2,1-4H3,(H,43,44,45)/t25-/m1/s1. The number of ether oxygens (including phenoxy) is 3. The maximum atomic E-state index is 16.1. The number of carbonyl (C=O) groups is 1. The van der Waals surface area contributed by atoms with E-state index in [0.717, 1.165) is 31.7 Å². The lowest BCUT2D eigenvalue weighted by atomic mass is 9.89. The molecule has 3 aromatic rings. The highest BCUT2D eigenvalue weighted by Crippen LogP contribution is 2.41. The first-order chi connectivity index (χ1) is 26.0. The Bertz CT molecular complexity index is 2000. The number of benzene rings is 1. The first kappa shape index (κ1) is 40.9. The van der Waals surface area contributed by atoms with Gasteiger partial charge in [0, 0.05) is 43.1 Å². The number of halogens is 3. The van der Waals surface area contributed by atoms with Crippen molar-refractivity contribution >= 4 is 32.8 Å². The second kappa shape index (κ2) is 16.8. The minimum Gasteiger partial charge on any atom is -0.444 e. The number of unbranched alkanes of at least 4 members (excludes halogenated alkanes) is 3. The number of nitrogens with one attached hydrogen (secondary N) is 1. The lowest BCUT2D eigenvalue weighted by Crippen LogP contribution is -2.52. The third kappa shape index (κ3) is 9.98. The van der Waals surface area contributed by atoms with E-state index in [1.807, 2.05) is 0 Å². The number of aromatic nitrogens is 3. The van der Waals surface area contributed by atoms with Crippen molar-refractivity contribution in [3.8, 4) is 0 Å². The summed E-state index contributed by atoms with van der Waals surface area (Å²) in [5.74, 6) is -5.08. The average Bonchev–Trinajstić information content (AvgIpc) is 3.61. The number of pyridine rings is 1. The zero-order chi connectivity index (χ0) is 39.5. The molecule has 1 N–H and O–H groups in total. The topological polar surface area (TPSA) is 142 Å². The number of hydrogen-bond acceptors (Lipinski definition) is 10. The number of sulfone groups is 1. The van der Waals surface area contributed by atoms with E-state index in [-0.39, 0.29) is 47.9 Å². The Kier molecular flexibility index (Phi) is 12.5. The van der Waals surface area contributed by atoms with Crippen molar-refractivity contribution < 1.29 is 40.6 Å². The van der Waals surface area contributed by atoms with Crippen LogP contribution in [0, 0.1) is 11.7 Å². The van der Waals surface area contributed by atoms with Crippen LogP contribution in [0.3, 0.4) is 0 Å². The maximum Gasteiger partial charge on any atom is 0.410 e. The van der Waals surface area contributed by atoms with Crippen molar-refractivity contribution in [1.82, 2.24) is 19.4 Å². The van der Waals surface area contributed by atoms with Gasteiger partial charge in [-0.2, -0.15) is 0 Å². The van der Waals surface area contributed by atoms with Crippen LogP contribution >= 0.6 is 0 Å². The number of anilines is 1. The normalized spacial score (nSPS) is 19.1. The summed E-state index contributed by atoms with van der Waals surface area (Å²) >= 11 is 0. The van der Waals surface area contributed by atoms with Crippen LogP contribution in [0.4, 0.5) is 23.8 Å². The Balaban J connectivity index is 1.20. The fourth-order valence-electron chi connectivity index (χ4n) is 7.62. The number of rotatable bonds is 14. The van der Waals surface area contributed by atoms with E-state index in [9.17, 15) is 18.0 Å². The van der Waals surface area contributed by atoms with Gasteiger partial charge in [-0.25, -0.2) is 36.4 Å². The zero-order valence-electron chi connectivity index (χ0n) is 32.0. The summed E-state index contributed by atoms with van der Waals surface area (Å²) < 4.78 is 89.8. The number of hydrogen-bond donors (Lipinski definition) is 1. The van der Waals surface area contributed by atoms with Crippen LogP contribution in [-0.2, 0) is 36.5 Å². The van der Waals surface area contributed by atoms with Gasteiger partial charge in [-0.05, 0) is 71.8 Å². The van der Waals surface area contributed by atoms with Crippen LogP contribution < -0.4 is 10.9 Å². The second-order valence-electron chi connectivity index (χ2n) is 16.1. The van der Waals surface area contributed by atoms with Gasteiger partial charge in [0.05, 0.1) is 41.7 Å². The number of carbonyl (C=O) groups excluding carboxylic acids is 1. The SMILES string of the molecule is C[C@@H](Nc1ncnc2c1cc(C1CCS(=O)(=O)CC1)c(=O)n2CCCCCCC1OCCO1)c1cccc(C(F)(F)CC2CN(C(=O)OC(C)(C)C)C2)c1F. The summed E-state index contributed by atoms with van der Waals surface area (Å²) in [6.07, 6.45) is 4.77. The summed E-state index contributed by atoms with van der Waals surface area (Å²) in [5, 5.41) is 3.69. The average molecular weight is 792 g/mol. The lowest BCUT2D eigenvalue weighted by molar-refractivity contribution is -0.0632. The fourth-order valence-corrected chi connectivity index (χ4v) is 9.12. The van der Waals surface area contributed by atoms with Crippen molar-refractivity contribution in [2.24, 2.45) is 5.92 Å². The minimum absolute atomic E-state index is 0.00682. The van der Waals surface area contributed by atoms with Gasteiger partial charge in [-0.3, -0.25) is 9.36 Å². The number of likely N-dealkylation sites (tertiary alicyclic amines) is 1. The van der Waals surface area contributed by atoms with E-state index in [2.05, 4.69) is 15.3 Å². The van der Waals surface area contributed by atoms with Crippen molar-refractivity contribution in [3.63, 3.8) is 0 Å². The summed E-state index contributed by atoms with van der Waals surface area (Å²) in [7, 11) is -3.18. The highest BCUT2D eigenvalue weighted by Gasteiger charge is 2.43. The minimum atomic E-state index is -3.50. The highest BCUT2D eigenvalue weighted by molar-refractivity contribution is 7.91. The Labute approximate surface area is 320 Å². The predicted octanol–water partition coefficient (Wildman–Crippen LogP) is 7.07. The van der Waals surface area contributed by atoms with Gasteiger partial charge in [0.15, 0.2) is 6.29 Å². The van der Waals surface area contributed by atoms with Crippen molar-refractivity contribution in [1.29, 1.82) is 0 Å². The smallest absolute Gasteiger partial charge is 0.410 e. The van der Waals surface area contributed by atoms with Gasteiger partial charge in [-0.1, -0.05) is 31.0 Å². The third-order valence-corrected chi connectivity index (χ3v) is 12.3. The molecule has 2 aromatic heterocycles. The van der Waals surface area contributed by atoms with Gasteiger partial charge in [0.1, 0.15) is 39.0 Å². The quantitative estimate of drug-likeness (QED) is 0.169. The molecule has 0 radical (unpaired) electrons. The van der Waals surface area contributed by atoms with Gasteiger partial charge in [-0.15, -0.1) is 0 Å². The van der Waals surface area contributed by atoms with Gasteiger partial charge in [0.2, 0.25) is 0 Å². The van der Waals surface area contributed by atoms with Gasteiger partial charge in [0.25, 0.3) is 11.5 Å². The molecule has 3 fully saturated rings. The molecule has 5 heterocycles. The molecule has 3 saturated heterocycles. The van der Waals surface area contributed by atoms with Crippen LogP contribution in [0.2, 0.25) is 0 Å². The van der Waals surface area contributed by atoms with E-state index < -0.39 is 57.2 Å². The van der Waals surface area contributed by atoms with Crippen molar-refractivity contribution in [2.75, 3.05) is 43.1 Å². The van der Waals surface area contributed by atoms with E-state index in [1.54, 1.807) is 38.3 Å². The molecule has 1 aromatic carbocycles. The number of amides is 1. The molecular formula is C39H52F3N5O7S. The molecule has 302 valence electrons. The molecule has 3 aliphatic heterocycles. The number of nitrogens with zero attached hydrogens (tertiary/aromatic N) is 4. The Morgan fingerprint density at radius 1 is 1.05 bits per heavy atom. The van der Waals surface area contributed by atoms with Gasteiger partial charge >= 0.3 is 6.09 Å². The van der Waals surface area contributed by atoms with E-state index in [4.69, 9.17) is 14.2 Å². The first-order valence-electron chi connectivity index (χ1n) is 19.2. The van der Waals surface area contributed by atoms with E-state index in [0.29, 0.717) is 61.4 Å². The molecule has 1 atom stereocenters. The summed E-state index contributed by atoms with van der Waals surface area (Å²) in [4.78, 5) is 36.6. The molecule has 12 nitrogen and oxygen atoms in total. The molecule has 16 heteroatoms. The summed E-state index contributed by atoms with van der Waals surface area (Å²) in [6, 6.07) is 4.80. The van der Waals surface area contributed by atoms with Crippen LogP contribution in [0.5, 0.6) is 0 Å². The van der Waals surface area contributed by atoms with E-state index in [1.165, 1.54) is 23.4 Å². The fraction of sp³-hybridized carbons (Fsp3) is 0.641. The maximum absolute atomic E-state index is 16.1. The van der Waals surface area contributed by atoms with Crippen LogP contribution in [-0.4, -0.2) is 83.6 Å². The molecule has 0 bridgehead atoms. The molecular weight excluding hydrogens is 740 g/mol. The van der Waals surface area contributed by atoms with Crippen molar-refractivity contribution in [3.05, 3.63) is 63.5 Å². The number of fused-ring (bicyclic) bond motifs is 1. The number of alkyl halides is 2. The van der Waals surface area contributed by atoms with Crippen LogP contribution in [0.1, 0.15) is 108 Å². The Morgan fingerprint density at radius 3 is 2.44 bits per heavy atom. The summed E-state index contributed by atoms with van der Waals surface area (Å²) in [6.45, 7) is 8.62. The van der Waals surface area contributed by atoms with Crippen LogP contribution in [0.25, 0.3) is 11.0 Å². The number of aryl methyl sites for hydroxylation is 1. The van der Waals surface area contributed by atoms with Crippen LogP contribution in [0.15, 0.2) is 35.4 Å². The second-order valence-corrected chi connectivity index (χ2v) is 18.4. The first-order valence-corrected chi connectivity index (χ1v) is 21.1. The highest BCUT2D eigenvalue weighted by atomic mass is 32.2. The van der Waals surface area contributed by atoms with Crippen molar-refractivity contribution in [2.45, 2.75) is 115 Å². The monoisotopic (exact) mass is 791 g/mol. The molecule has 6 rings (SSSR count).